The maximum absolute atomic E-state index is 4.46. The van der Waals surface area contributed by atoms with E-state index in [0.29, 0.717) is 0 Å². The predicted octanol–water partition coefficient (Wildman–Crippen LogP) is 2.25. The van der Waals surface area contributed by atoms with Crippen LogP contribution in [0.1, 0.15) is 5.01 Å². The summed E-state index contributed by atoms with van der Waals surface area (Å²) in [5.41, 5.74) is 2.24. The molecular weight excluding hydrogens is 218 g/mol. The van der Waals surface area contributed by atoms with Crippen molar-refractivity contribution in [3.8, 4) is 11.3 Å². The Morgan fingerprint density at radius 2 is 1.94 bits per heavy atom. The van der Waals surface area contributed by atoms with Crippen molar-refractivity contribution in [2.75, 3.05) is 0 Å². The van der Waals surface area contributed by atoms with Crippen molar-refractivity contribution in [2.24, 2.45) is 0 Å². The van der Waals surface area contributed by atoms with Crippen LogP contribution in [0.25, 0.3) is 16.2 Å². The highest BCUT2D eigenvalue weighted by atomic mass is 32.1. The van der Waals surface area contributed by atoms with E-state index in [2.05, 4.69) is 22.2 Å². The molecule has 2 heterocycles. The first-order valence-corrected chi connectivity index (χ1v) is 5.86. The first-order valence-electron chi connectivity index (χ1n) is 5.04. The summed E-state index contributed by atoms with van der Waals surface area (Å²) >= 11 is 1.60. The summed E-state index contributed by atoms with van der Waals surface area (Å²) in [5, 5.41) is 5.49. The van der Waals surface area contributed by atoms with Crippen molar-refractivity contribution in [3.63, 3.8) is 0 Å². The molecule has 0 N–H and O–H groups in total. The van der Waals surface area contributed by atoms with Gasteiger partial charge in [-0.05, 0) is 23.2 Å². The summed E-state index contributed by atoms with van der Waals surface area (Å²) in [6, 6.07) is 12.2. The van der Waals surface area contributed by atoms with Crippen molar-refractivity contribution in [3.05, 3.63) is 47.6 Å². The average Bonchev–Trinajstić information content (AvgIpc) is 2.70. The van der Waals surface area contributed by atoms with Crippen LogP contribution < -0.4 is 4.52 Å². The van der Waals surface area contributed by atoms with Crippen molar-refractivity contribution in [2.45, 2.75) is 6.92 Å². The lowest BCUT2D eigenvalue weighted by molar-refractivity contribution is -0.567. The number of nitrogens with zero attached hydrogens (tertiary/aromatic N) is 3. The molecule has 4 heteroatoms. The van der Waals surface area contributed by atoms with Crippen molar-refractivity contribution in [1.29, 1.82) is 0 Å². The van der Waals surface area contributed by atoms with Gasteiger partial charge < -0.3 is 0 Å². The third kappa shape index (κ3) is 1.47. The molecule has 0 atom stereocenters. The van der Waals surface area contributed by atoms with Crippen LogP contribution in [0.5, 0.6) is 0 Å². The molecule has 0 aliphatic carbocycles. The molecule has 78 valence electrons. The molecule has 16 heavy (non-hydrogen) atoms. The second kappa shape index (κ2) is 3.64. The Hall–Kier alpha value is -1.81. The largest absolute Gasteiger partial charge is 0.410 e. The van der Waals surface area contributed by atoms with E-state index in [0.717, 1.165) is 21.2 Å². The first-order chi connectivity index (χ1) is 7.84. The van der Waals surface area contributed by atoms with Crippen LogP contribution in [-0.2, 0) is 0 Å². The number of fused-ring (bicyclic) bond motifs is 1. The molecule has 0 saturated heterocycles. The quantitative estimate of drug-likeness (QED) is 0.598. The Labute approximate surface area is 97.0 Å². The molecule has 0 spiro atoms. The SMILES string of the molecule is Cc1n[n+]2c(-c3ccccc3)ccnc2s1. The topological polar surface area (TPSA) is 29.9 Å². The third-order valence-corrected chi connectivity index (χ3v) is 3.21. The van der Waals surface area contributed by atoms with Crippen LogP contribution in [-0.4, -0.2) is 10.1 Å². The summed E-state index contributed by atoms with van der Waals surface area (Å²) in [4.78, 5) is 5.24. The minimum Gasteiger partial charge on any atom is -0.0828 e. The molecule has 0 aliphatic heterocycles. The van der Waals surface area contributed by atoms with Gasteiger partial charge in [-0.15, -0.1) is 0 Å². The Balaban J connectivity index is 2.31. The lowest BCUT2D eigenvalue weighted by atomic mass is 10.1. The zero-order valence-electron chi connectivity index (χ0n) is 8.79. The third-order valence-electron chi connectivity index (χ3n) is 2.38. The molecular formula is C12H10N3S+. The zero-order chi connectivity index (χ0) is 11.0. The molecule has 1 aromatic carbocycles. The van der Waals surface area contributed by atoms with Crippen molar-refractivity contribution in [1.82, 2.24) is 10.1 Å². The Morgan fingerprint density at radius 3 is 2.75 bits per heavy atom. The Kier molecular flexibility index (Phi) is 2.15. The van der Waals surface area contributed by atoms with Gasteiger partial charge in [0.2, 0.25) is 0 Å². The van der Waals surface area contributed by atoms with E-state index in [1.807, 2.05) is 41.9 Å². The van der Waals surface area contributed by atoms with Gasteiger partial charge in [-0.2, -0.15) is 0 Å². The molecule has 0 unspecified atom stereocenters. The number of aromatic nitrogens is 3. The van der Waals surface area contributed by atoms with Gasteiger partial charge in [0.1, 0.15) is 11.2 Å². The second-order valence-electron chi connectivity index (χ2n) is 3.51. The molecule has 0 bridgehead atoms. The highest BCUT2D eigenvalue weighted by Crippen LogP contribution is 2.16. The predicted molar refractivity (Wildman–Crippen MR) is 63.2 cm³/mol. The lowest BCUT2D eigenvalue weighted by Gasteiger charge is -1.95. The van der Waals surface area contributed by atoms with Crippen molar-refractivity contribution < 1.29 is 4.52 Å². The summed E-state index contributed by atoms with van der Waals surface area (Å²) in [5.74, 6) is 0. The number of hydrogen-bond acceptors (Lipinski definition) is 3. The minimum atomic E-state index is 0.929. The fourth-order valence-electron chi connectivity index (χ4n) is 1.69. The van der Waals surface area contributed by atoms with Gasteiger partial charge in [-0.25, -0.2) is 0 Å². The standard InChI is InChI=1S/C12H10N3S/c1-9-14-15-11(7-8-13-12(15)16-9)10-5-3-2-4-6-10/h2-8H,1H3/q+1. The molecule has 0 amide bonds. The number of aryl methyl sites for hydroxylation is 1. The van der Waals surface area contributed by atoms with Gasteiger partial charge in [0.25, 0.3) is 0 Å². The van der Waals surface area contributed by atoms with E-state index in [-0.39, 0.29) is 0 Å². The monoisotopic (exact) mass is 228 g/mol. The van der Waals surface area contributed by atoms with Gasteiger partial charge >= 0.3 is 4.96 Å². The molecule has 2 aromatic heterocycles. The Morgan fingerprint density at radius 1 is 1.12 bits per heavy atom. The second-order valence-corrected chi connectivity index (χ2v) is 4.67. The Bertz CT molecular complexity index is 631. The molecule has 0 aliphatic rings. The van der Waals surface area contributed by atoms with Crippen LogP contribution in [0.2, 0.25) is 0 Å². The van der Waals surface area contributed by atoms with E-state index in [1.54, 1.807) is 11.3 Å². The average molecular weight is 228 g/mol. The van der Waals surface area contributed by atoms with Crippen LogP contribution in [0.4, 0.5) is 0 Å². The molecule has 3 nitrogen and oxygen atoms in total. The molecule has 0 saturated carbocycles. The van der Waals surface area contributed by atoms with E-state index in [1.165, 1.54) is 0 Å². The first kappa shape index (κ1) is 9.42. The van der Waals surface area contributed by atoms with Gasteiger partial charge in [-0.3, -0.25) is 0 Å². The van der Waals surface area contributed by atoms with Gasteiger partial charge in [0.05, 0.1) is 0 Å². The van der Waals surface area contributed by atoms with E-state index in [9.17, 15) is 0 Å². The van der Waals surface area contributed by atoms with Gasteiger partial charge in [0, 0.05) is 11.6 Å². The number of rotatable bonds is 1. The molecule has 3 aromatic rings. The molecule has 0 fully saturated rings. The summed E-state index contributed by atoms with van der Waals surface area (Å²) in [6.07, 6.45) is 1.83. The number of benzene rings is 1. The van der Waals surface area contributed by atoms with E-state index >= 15 is 0 Å². The fraction of sp³-hybridized carbons (Fsp3) is 0.0833. The van der Waals surface area contributed by atoms with Gasteiger partial charge in [0.15, 0.2) is 5.69 Å². The van der Waals surface area contributed by atoms with Crippen LogP contribution in [0, 0.1) is 6.92 Å². The summed E-state index contributed by atoms with van der Waals surface area (Å²) in [6.45, 7) is 1.99. The molecule has 0 radical (unpaired) electrons. The van der Waals surface area contributed by atoms with Crippen LogP contribution in [0.15, 0.2) is 42.6 Å². The van der Waals surface area contributed by atoms with Crippen LogP contribution >= 0.6 is 11.3 Å². The van der Waals surface area contributed by atoms with E-state index in [4.69, 9.17) is 0 Å². The van der Waals surface area contributed by atoms with Crippen molar-refractivity contribution >= 4 is 16.3 Å². The highest BCUT2D eigenvalue weighted by Gasteiger charge is 2.15. The van der Waals surface area contributed by atoms with Gasteiger partial charge in [-0.1, -0.05) is 39.9 Å². The van der Waals surface area contributed by atoms with Crippen LogP contribution in [0.3, 0.4) is 0 Å². The highest BCUT2D eigenvalue weighted by molar-refractivity contribution is 7.16. The smallest absolute Gasteiger partial charge is 0.0828 e. The fourth-order valence-corrected chi connectivity index (χ4v) is 2.41. The summed E-state index contributed by atoms with van der Waals surface area (Å²) < 4.78 is 1.90. The van der Waals surface area contributed by atoms with E-state index < -0.39 is 0 Å². The normalized spacial score (nSPS) is 10.8. The molecule has 3 rings (SSSR count). The minimum absolute atomic E-state index is 0.929. The lowest BCUT2D eigenvalue weighted by Crippen LogP contribution is -2.27. The maximum atomic E-state index is 4.46. The summed E-state index contributed by atoms with van der Waals surface area (Å²) in [7, 11) is 0. The zero-order valence-corrected chi connectivity index (χ0v) is 9.61. The maximum Gasteiger partial charge on any atom is 0.410 e. The number of hydrogen-bond donors (Lipinski definition) is 0.